The van der Waals surface area contributed by atoms with E-state index in [-0.39, 0.29) is 11.8 Å². The van der Waals surface area contributed by atoms with Crippen molar-refractivity contribution < 1.29 is 5.11 Å². The molecule has 0 radical (unpaired) electrons. The third-order valence-electron chi connectivity index (χ3n) is 4.26. The van der Waals surface area contributed by atoms with Gasteiger partial charge in [-0.05, 0) is 37.0 Å². The molecule has 0 aromatic carbocycles. The minimum atomic E-state index is -0.755. The van der Waals surface area contributed by atoms with Gasteiger partial charge >= 0.3 is 0 Å². The fourth-order valence-corrected chi connectivity index (χ4v) is 3.39. The minimum Gasteiger partial charge on any atom is -0.388 e. The van der Waals surface area contributed by atoms with Gasteiger partial charge in [0.25, 0.3) is 0 Å². The molecule has 2 nitrogen and oxygen atoms in total. The summed E-state index contributed by atoms with van der Waals surface area (Å²) in [5, 5.41) is 20.1. The molecule has 0 aromatic rings. The van der Waals surface area contributed by atoms with Crippen LogP contribution in [0.2, 0.25) is 0 Å². The number of hydrogen-bond acceptors (Lipinski definition) is 2. The molecule has 0 amide bonds. The lowest BCUT2D eigenvalue weighted by Gasteiger charge is -2.47. The number of nitriles is 1. The molecule has 2 heteroatoms. The highest BCUT2D eigenvalue weighted by Gasteiger charge is 2.47. The normalized spacial score (nSPS) is 37.1. The zero-order chi connectivity index (χ0) is 12.3. The topological polar surface area (TPSA) is 44.0 Å². The van der Waals surface area contributed by atoms with Crippen molar-refractivity contribution in [2.24, 2.45) is 23.7 Å². The molecule has 1 aliphatic carbocycles. The Morgan fingerprint density at radius 3 is 2.50 bits per heavy atom. The average molecular weight is 223 g/mol. The molecular weight excluding hydrogens is 198 g/mol. The molecule has 1 saturated carbocycles. The van der Waals surface area contributed by atoms with Crippen molar-refractivity contribution in [2.75, 3.05) is 0 Å². The van der Waals surface area contributed by atoms with Crippen LogP contribution >= 0.6 is 0 Å². The summed E-state index contributed by atoms with van der Waals surface area (Å²) in [6, 6.07) is 2.32. The Morgan fingerprint density at radius 1 is 1.44 bits per heavy atom. The zero-order valence-corrected chi connectivity index (χ0v) is 11.0. The van der Waals surface area contributed by atoms with Crippen LogP contribution in [-0.2, 0) is 0 Å². The summed E-state index contributed by atoms with van der Waals surface area (Å²) in [4.78, 5) is 0. The monoisotopic (exact) mass is 223 g/mol. The van der Waals surface area contributed by atoms with Crippen LogP contribution in [0.3, 0.4) is 0 Å². The van der Waals surface area contributed by atoms with Crippen LogP contribution in [-0.4, -0.2) is 10.7 Å². The van der Waals surface area contributed by atoms with Gasteiger partial charge in [0, 0.05) is 0 Å². The van der Waals surface area contributed by atoms with Gasteiger partial charge in [0.15, 0.2) is 0 Å². The first kappa shape index (κ1) is 13.5. The lowest BCUT2D eigenvalue weighted by Crippen LogP contribution is -2.50. The Kier molecular flexibility index (Phi) is 4.38. The second kappa shape index (κ2) is 5.19. The van der Waals surface area contributed by atoms with E-state index in [0.29, 0.717) is 11.8 Å². The van der Waals surface area contributed by atoms with Crippen LogP contribution in [0.25, 0.3) is 0 Å². The van der Waals surface area contributed by atoms with Crippen LogP contribution in [0.15, 0.2) is 0 Å². The van der Waals surface area contributed by atoms with Crippen LogP contribution in [0.4, 0.5) is 0 Å². The van der Waals surface area contributed by atoms with Crippen LogP contribution in [0.5, 0.6) is 0 Å². The van der Waals surface area contributed by atoms with Crippen LogP contribution in [0.1, 0.15) is 53.4 Å². The molecule has 0 aromatic heterocycles. The van der Waals surface area contributed by atoms with Crippen molar-refractivity contribution >= 4 is 0 Å². The predicted octanol–water partition coefficient (Wildman–Crippen LogP) is 3.36. The van der Waals surface area contributed by atoms with E-state index < -0.39 is 5.60 Å². The van der Waals surface area contributed by atoms with Crippen LogP contribution in [0, 0.1) is 35.0 Å². The Morgan fingerprint density at radius 2 is 2.06 bits per heavy atom. The second-order valence-electron chi connectivity index (χ2n) is 5.82. The second-order valence-corrected chi connectivity index (χ2v) is 5.82. The zero-order valence-electron chi connectivity index (χ0n) is 11.0. The van der Waals surface area contributed by atoms with Gasteiger partial charge in [0.05, 0.1) is 17.6 Å². The molecule has 1 rings (SSSR count). The van der Waals surface area contributed by atoms with E-state index in [2.05, 4.69) is 26.8 Å². The summed E-state index contributed by atoms with van der Waals surface area (Å²) in [6.07, 6.45) is 3.80. The largest absolute Gasteiger partial charge is 0.388 e. The SMILES string of the molecule is CCC(C#N)C1(O)CC(C)CCC1C(C)C. The van der Waals surface area contributed by atoms with Gasteiger partial charge in [0.1, 0.15) is 0 Å². The molecule has 0 spiro atoms. The van der Waals surface area contributed by atoms with E-state index in [1.807, 2.05) is 6.92 Å². The molecule has 0 aliphatic heterocycles. The first-order valence-electron chi connectivity index (χ1n) is 6.57. The summed E-state index contributed by atoms with van der Waals surface area (Å²) >= 11 is 0. The van der Waals surface area contributed by atoms with E-state index >= 15 is 0 Å². The number of hydrogen-bond donors (Lipinski definition) is 1. The van der Waals surface area contributed by atoms with E-state index in [9.17, 15) is 10.4 Å². The lowest BCUT2D eigenvalue weighted by atomic mass is 9.62. The molecule has 1 fully saturated rings. The molecule has 16 heavy (non-hydrogen) atoms. The Bertz CT molecular complexity index is 268. The maximum Gasteiger partial charge on any atom is 0.0838 e. The summed E-state index contributed by atoms with van der Waals surface area (Å²) in [6.45, 7) is 8.51. The van der Waals surface area contributed by atoms with Gasteiger partial charge in [-0.25, -0.2) is 0 Å². The molecule has 0 heterocycles. The molecule has 1 N–H and O–H groups in total. The molecule has 0 bridgehead atoms. The molecule has 92 valence electrons. The Balaban J connectivity index is 2.96. The third-order valence-corrected chi connectivity index (χ3v) is 4.26. The first-order valence-corrected chi connectivity index (χ1v) is 6.57. The fourth-order valence-electron chi connectivity index (χ4n) is 3.39. The fraction of sp³-hybridized carbons (Fsp3) is 0.929. The van der Waals surface area contributed by atoms with Gasteiger partial charge in [-0.2, -0.15) is 5.26 Å². The van der Waals surface area contributed by atoms with E-state index in [1.54, 1.807) is 0 Å². The Labute approximate surface area is 99.7 Å². The smallest absolute Gasteiger partial charge is 0.0838 e. The standard InChI is InChI=1S/C14H25NO/c1-5-12(9-15)14(16)8-11(4)6-7-13(14)10(2)3/h10-13,16H,5-8H2,1-4H3. The van der Waals surface area contributed by atoms with Gasteiger partial charge < -0.3 is 5.11 Å². The summed E-state index contributed by atoms with van der Waals surface area (Å²) in [5.41, 5.74) is -0.755. The molecule has 4 unspecified atom stereocenters. The van der Waals surface area contributed by atoms with Crippen LogP contribution < -0.4 is 0 Å². The predicted molar refractivity (Wildman–Crippen MR) is 65.7 cm³/mol. The highest BCUT2D eigenvalue weighted by molar-refractivity contribution is 5.04. The maximum absolute atomic E-state index is 10.9. The molecule has 4 atom stereocenters. The summed E-state index contributed by atoms with van der Waals surface area (Å²) in [5.74, 6) is 1.08. The minimum absolute atomic E-state index is 0.206. The van der Waals surface area contributed by atoms with Gasteiger partial charge in [-0.1, -0.05) is 34.1 Å². The highest BCUT2D eigenvalue weighted by atomic mass is 16.3. The average Bonchev–Trinajstić information content (AvgIpc) is 2.18. The quantitative estimate of drug-likeness (QED) is 0.797. The van der Waals surface area contributed by atoms with E-state index in [0.717, 1.165) is 19.3 Å². The molecule has 1 aliphatic rings. The number of rotatable bonds is 3. The van der Waals surface area contributed by atoms with Gasteiger partial charge in [-0.15, -0.1) is 0 Å². The molecular formula is C14H25NO. The van der Waals surface area contributed by atoms with Crippen molar-refractivity contribution in [3.8, 4) is 6.07 Å². The maximum atomic E-state index is 10.9. The van der Waals surface area contributed by atoms with E-state index in [1.165, 1.54) is 6.42 Å². The third kappa shape index (κ3) is 2.40. The van der Waals surface area contributed by atoms with Crippen molar-refractivity contribution in [3.05, 3.63) is 0 Å². The van der Waals surface area contributed by atoms with Gasteiger partial charge in [0.2, 0.25) is 0 Å². The van der Waals surface area contributed by atoms with Crippen molar-refractivity contribution in [1.29, 1.82) is 5.26 Å². The first-order chi connectivity index (χ1) is 7.45. The highest BCUT2D eigenvalue weighted by Crippen LogP contribution is 2.45. The Hall–Kier alpha value is -0.550. The van der Waals surface area contributed by atoms with Crippen molar-refractivity contribution in [1.82, 2.24) is 0 Å². The summed E-state index contributed by atoms with van der Waals surface area (Å²) < 4.78 is 0. The van der Waals surface area contributed by atoms with Gasteiger partial charge in [-0.3, -0.25) is 0 Å². The summed E-state index contributed by atoms with van der Waals surface area (Å²) in [7, 11) is 0. The number of aliphatic hydroxyl groups is 1. The van der Waals surface area contributed by atoms with E-state index in [4.69, 9.17) is 0 Å². The lowest BCUT2D eigenvalue weighted by molar-refractivity contribution is -0.108. The van der Waals surface area contributed by atoms with Crippen molar-refractivity contribution in [2.45, 2.75) is 59.0 Å². The molecule has 0 saturated heterocycles. The number of nitrogens with zero attached hydrogens (tertiary/aromatic N) is 1. The van der Waals surface area contributed by atoms with Crippen molar-refractivity contribution in [3.63, 3.8) is 0 Å².